The molecular weight excluding hydrogens is 318 g/mol. The van der Waals surface area contributed by atoms with Crippen molar-refractivity contribution < 1.29 is 0 Å². The number of halogens is 1. The summed E-state index contributed by atoms with van der Waals surface area (Å²) in [6, 6.07) is 7.98. The monoisotopic (exact) mass is 331 g/mol. The molecule has 0 aliphatic rings. The first-order valence-corrected chi connectivity index (χ1v) is 7.20. The maximum Gasteiger partial charge on any atom is 0.168 e. The fraction of sp³-hybridized carbons (Fsp3) is 0.214. The van der Waals surface area contributed by atoms with Crippen LogP contribution in [0.4, 0.5) is 5.82 Å². The van der Waals surface area contributed by atoms with E-state index >= 15 is 0 Å². The molecule has 0 bridgehead atoms. The fourth-order valence-electron chi connectivity index (χ4n) is 2.12. The van der Waals surface area contributed by atoms with Gasteiger partial charge in [-0.3, -0.25) is 0 Å². The number of anilines is 1. The summed E-state index contributed by atoms with van der Waals surface area (Å²) < 4.78 is 2.84. The Bertz CT molecular complexity index is 765. The van der Waals surface area contributed by atoms with Gasteiger partial charge in [0, 0.05) is 11.0 Å². The zero-order valence-corrected chi connectivity index (χ0v) is 12.8. The lowest BCUT2D eigenvalue weighted by Crippen LogP contribution is -2.04. The molecule has 1 aromatic carbocycles. The van der Waals surface area contributed by atoms with Crippen LogP contribution < -0.4 is 5.32 Å². The molecule has 0 unspecified atom stereocenters. The fourth-order valence-corrected chi connectivity index (χ4v) is 2.50. The van der Waals surface area contributed by atoms with E-state index in [0.717, 1.165) is 39.4 Å². The lowest BCUT2D eigenvalue weighted by Gasteiger charge is -2.07. The van der Waals surface area contributed by atoms with Crippen molar-refractivity contribution in [3.05, 3.63) is 40.8 Å². The van der Waals surface area contributed by atoms with E-state index in [0.29, 0.717) is 0 Å². The predicted octanol–water partition coefficient (Wildman–Crippen LogP) is 3.32. The second kappa shape index (κ2) is 5.20. The third kappa shape index (κ3) is 2.27. The van der Waals surface area contributed by atoms with Crippen molar-refractivity contribution in [1.29, 1.82) is 0 Å². The van der Waals surface area contributed by atoms with Crippen molar-refractivity contribution in [1.82, 2.24) is 19.7 Å². The molecule has 0 radical (unpaired) electrons. The second-order valence-electron chi connectivity index (χ2n) is 4.42. The summed E-state index contributed by atoms with van der Waals surface area (Å²) in [6.45, 7) is 4.74. The van der Waals surface area contributed by atoms with Gasteiger partial charge in [-0.1, -0.05) is 22.0 Å². The molecular formula is C14H14BrN5. The van der Waals surface area contributed by atoms with E-state index in [1.165, 1.54) is 0 Å². The molecule has 20 heavy (non-hydrogen) atoms. The Balaban J connectivity index is 2.23. The average molecular weight is 332 g/mol. The van der Waals surface area contributed by atoms with Gasteiger partial charge in [0.1, 0.15) is 11.6 Å². The molecule has 0 aliphatic heterocycles. The van der Waals surface area contributed by atoms with Crippen LogP contribution in [0.3, 0.4) is 0 Å². The molecule has 0 amide bonds. The topological polar surface area (TPSA) is 55.6 Å². The Morgan fingerprint density at radius 3 is 2.90 bits per heavy atom. The standard InChI is InChI=1S/C14H14BrN5/c1-3-16-13-12-8-17-20(14(12)19-9(2)18-13)11-6-4-5-10(15)7-11/h4-8H,3H2,1-2H3,(H,16,18,19). The zero-order chi connectivity index (χ0) is 14.1. The molecule has 102 valence electrons. The first-order valence-electron chi connectivity index (χ1n) is 6.41. The Kier molecular flexibility index (Phi) is 3.40. The number of nitrogens with zero attached hydrogens (tertiary/aromatic N) is 4. The van der Waals surface area contributed by atoms with E-state index < -0.39 is 0 Å². The summed E-state index contributed by atoms with van der Waals surface area (Å²) in [5.41, 5.74) is 1.78. The van der Waals surface area contributed by atoms with Gasteiger partial charge < -0.3 is 5.32 Å². The highest BCUT2D eigenvalue weighted by Gasteiger charge is 2.12. The van der Waals surface area contributed by atoms with Crippen molar-refractivity contribution in [3.8, 4) is 5.69 Å². The van der Waals surface area contributed by atoms with E-state index in [4.69, 9.17) is 0 Å². The quantitative estimate of drug-likeness (QED) is 0.799. The summed E-state index contributed by atoms with van der Waals surface area (Å²) >= 11 is 3.48. The SMILES string of the molecule is CCNc1nc(C)nc2c1cnn2-c1cccc(Br)c1. The van der Waals surface area contributed by atoms with Gasteiger partial charge in [-0.25, -0.2) is 14.6 Å². The van der Waals surface area contributed by atoms with E-state index in [1.807, 2.05) is 42.8 Å². The van der Waals surface area contributed by atoms with Crippen LogP contribution >= 0.6 is 15.9 Å². The van der Waals surface area contributed by atoms with Gasteiger partial charge in [0.05, 0.1) is 17.3 Å². The van der Waals surface area contributed by atoms with Crippen molar-refractivity contribution >= 4 is 32.8 Å². The number of benzene rings is 1. The predicted molar refractivity (Wildman–Crippen MR) is 83.3 cm³/mol. The summed E-state index contributed by atoms with van der Waals surface area (Å²) in [6.07, 6.45) is 1.80. The molecule has 3 aromatic rings. The Morgan fingerprint density at radius 1 is 1.30 bits per heavy atom. The minimum absolute atomic E-state index is 0.727. The number of nitrogens with one attached hydrogen (secondary N) is 1. The van der Waals surface area contributed by atoms with Gasteiger partial charge >= 0.3 is 0 Å². The number of rotatable bonds is 3. The third-order valence-corrected chi connectivity index (χ3v) is 3.43. The van der Waals surface area contributed by atoms with Crippen LogP contribution in [0.25, 0.3) is 16.7 Å². The lowest BCUT2D eigenvalue weighted by atomic mass is 10.3. The van der Waals surface area contributed by atoms with Gasteiger partial charge in [-0.05, 0) is 32.0 Å². The Morgan fingerprint density at radius 2 is 2.15 bits per heavy atom. The maximum atomic E-state index is 4.52. The van der Waals surface area contributed by atoms with Crippen molar-refractivity contribution in [3.63, 3.8) is 0 Å². The van der Waals surface area contributed by atoms with E-state index in [-0.39, 0.29) is 0 Å². The molecule has 6 heteroatoms. The summed E-state index contributed by atoms with van der Waals surface area (Å²) in [5, 5.41) is 8.63. The summed E-state index contributed by atoms with van der Waals surface area (Å²) in [5.74, 6) is 1.56. The lowest BCUT2D eigenvalue weighted by molar-refractivity contribution is 0.889. The number of fused-ring (bicyclic) bond motifs is 1. The first kappa shape index (κ1) is 13.1. The maximum absolute atomic E-state index is 4.52. The number of hydrogen-bond acceptors (Lipinski definition) is 4. The van der Waals surface area contributed by atoms with Crippen molar-refractivity contribution in [2.45, 2.75) is 13.8 Å². The Labute approximate surface area is 125 Å². The van der Waals surface area contributed by atoms with Crippen LogP contribution in [-0.2, 0) is 0 Å². The van der Waals surface area contributed by atoms with Crippen LogP contribution in [-0.4, -0.2) is 26.3 Å². The summed E-state index contributed by atoms with van der Waals surface area (Å²) in [4.78, 5) is 8.95. The van der Waals surface area contributed by atoms with Crippen LogP contribution in [0.2, 0.25) is 0 Å². The van der Waals surface area contributed by atoms with Crippen LogP contribution in [0.5, 0.6) is 0 Å². The van der Waals surface area contributed by atoms with Gasteiger partial charge in [-0.2, -0.15) is 5.10 Å². The van der Waals surface area contributed by atoms with Crippen LogP contribution in [0.15, 0.2) is 34.9 Å². The van der Waals surface area contributed by atoms with Gasteiger partial charge in [0.2, 0.25) is 0 Å². The zero-order valence-electron chi connectivity index (χ0n) is 11.3. The molecule has 0 atom stereocenters. The molecule has 2 aromatic heterocycles. The van der Waals surface area contributed by atoms with E-state index in [9.17, 15) is 0 Å². The number of aryl methyl sites for hydroxylation is 1. The molecule has 0 fully saturated rings. The van der Waals surface area contributed by atoms with Gasteiger partial charge in [0.25, 0.3) is 0 Å². The van der Waals surface area contributed by atoms with Crippen molar-refractivity contribution in [2.24, 2.45) is 0 Å². The third-order valence-electron chi connectivity index (χ3n) is 2.94. The number of aromatic nitrogens is 4. The smallest absolute Gasteiger partial charge is 0.168 e. The first-order chi connectivity index (χ1) is 9.69. The van der Waals surface area contributed by atoms with Gasteiger partial charge in [-0.15, -0.1) is 0 Å². The highest BCUT2D eigenvalue weighted by Crippen LogP contribution is 2.23. The Hall–Kier alpha value is -1.95. The molecule has 0 saturated carbocycles. The molecule has 0 saturated heterocycles. The number of hydrogen-bond donors (Lipinski definition) is 1. The molecule has 0 aliphatic carbocycles. The molecule has 0 spiro atoms. The minimum Gasteiger partial charge on any atom is -0.370 e. The summed E-state index contributed by atoms with van der Waals surface area (Å²) in [7, 11) is 0. The van der Waals surface area contributed by atoms with Crippen molar-refractivity contribution in [2.75, 3.05) is 11.9 Å². The molecule has 3 rings (SSSR count). The highest BCUT2D eigenvalue weighted by atomic mass is 79.9. The largest absolute Gasteiger partial charge is 0.370 e. The van der Waals surface area contributed by atoms with Crippen LogP contribution in [0, 0.1) is 6.92 Å². The molecule has 1 N–H and O–H groups in total. The molecule has 5 nitrogen and oxygen atoms in total. The highest BCUT2D eigenvalue weighted by molar-refractivity contribution is 9.10. The normalized spacial score (nSPS) is 10.9. The van der Waals surface area contributed by atoms with E-state index in [2.05, 4.69) is 36.3 Å². The van der Waals surface area contributed by atoms with E-state index in [1.54, 1.807) is 6.20 Å². The average Bonchev–Trinajstić information content (AvgIpc) is 2.82. The second-order valence-corrected chi connectivity index (χ2v) is 5.34. The minimum atomic E-state index is 0.727. The van der Waals surface area contributed by atoms with Crippen LogP contribution in [0.1, 0.15) is 12.7 Å². The molecule has 2 heterocycles. The van der Waals surface area contributed by atoms with Gasteiger partial charge in [0.15, 0.2) is 5.65 Å².